The monoisotopic (exact) mass is 720 g/mol. The molecule has 3 N–H and O–H groups in total. The molecule has 2 amide bonds. The number of thiophene rings is 1. The van der Waals surface area contributed by atoms with Gasteiger partial charge >= 0.3 is 5.97 Å². The number of carbonyl (C=O) groups is 3. The number of benzene rings is 2. The predicted octanol–water partition coefficient (Wildman–Crippen LogP) is 5.34. The van der Waals surface area contributed by atoms with Crippen LogP contribution < -0.4 is 20.7 Å². The van der Waals surface area contributed by atoms with E-state index in [9.17, 15) is 18.8 Å². The largest absolute Gasteiger partial charge is 0.463 e. The molecule has 6 rings (SSSR count). The maximum atomic E-state index is 15.3. The lowest BCUT2D eigenvalue weighted by molar-refractivity contribution is -0.143. The number of amides is 2. The summed E-state index contributed by atoms with van der Waals surface area (Å²) in [5, 5.41) is 12.5. The maximum Gasteiger partial charge on any atom is 0.319 e. The van der Waals surface area contributed by atoms with E-state index in [0.29, 0.717) is 47.6 Å². The molecule has 3 aromatic heterocycles. The molecule has 0 saturated heterocycles. The number of halogens is 2. The summed E-state index contributed by atoms with van der Waals surface area (Å²) >= 11 is 1.39. The second kappa shape index (κ2) is 15.7. The van der Waals surface area contributed by atoms with E-state index in [-0.39, 0.29) is 24.6 Å². The van der Waals surface area contributed by atoms with Crippen molar-refractivity contribution in [1.29, 1.82) is 0 Å². The molecule has 266 valence electrons. The quantitative estimate of drug-likeness (QED) is 0.0692. The van der Waals surface area contributed by atoms with Gasteiger partial charge in [0.2, 0.25) is 11.8 Å². The first-order valence-electron chi connectivity index (χ1n) is 15.9. The molecule has 3 heterocycles. The Bertz CT molecular complexity index is 2030. The van der Waals surface area contributed by atoms with Gasteiger partial charge in [-0.2, -0.15) is 5.10 Å². The number of methoxy groups -OCH3 is 2. The van der Waals surface area contributed by atoms with Crippen molar-refractivity contribution in [1.82, 2.24) is 20.1 Å². The third-order valence-electron chi connectivity index (χ3n) is 8.11. The minimum atomic E-state index is -1.29. The van der Waals surface area contributed by atoms with Crippen LogP contribution in [0.15, 0.2) is 73.2 Å². The molecule has 1 aliphatic rings. The minimum absolute atomic E-state index is 0.0131. The van der Waals surface area contributed by atoms with Crippen molar-refractivity contribution in [2.45, 2.75) is 25.7 Å². The number of esters is 1. The van der Waals surface area contributed by atoms with Crippen LogP contribution in [0.5, 0.6) is 11.5 Å². The second-order valence-electron chi connectivity index (χ2n) is 11.6. The lowest BCUT2D eigenvalue weighted by Crippen LogP contribution is -2.35. The normalized spacial score (nSPS) is 13.3. The Hall–Kier alpha value is -5.29. The van der Waals surface area contributed by atoms with Crippen LogP contribution in [0.2, 0.25) is 0 Å². The molecule has 1 aliphatic carbocycles. The molecule has 0 atom stereocenters. The van der Waals surface area contributed by atoms with Gasteiger partial charge in [0.25, 0.3) is 0 Å². The smallest absolute Gasteiger partial charge is 0.319 e. The summed E-state index contributed by atoms with van der Waals surface area (Å²) in [5.41, 5.74) is 0.692. The molecule has 0 radical (unpaired) electrons. The van der Waals surface area contributed by atoms with Gasteiger partial charge in [0.15, 0.2) is 17.9 Å². The van der Waals surface area contributed by atoms with Gasteiger partial charge in [-0.15, -0.1) is 11.3 Å². The van der Waals surface area contributed by atoms with Crippen LogP contribution >= 0.6 is 11.3 Å². The highest BCUT2D eigenvalue weighted by molar-refractivity contribution is 7.22. The molecule has 0 aliphatic heterocycles. The Balaban J connectivity index is 1.04. The molecule has 16 heteroatoms. The Kier molecular flexibility index (Phi) is 11.0. The fourth-order valence-electron chi connectivity index (χ4n) is 5.11. The average Bonchev–Trinajstić information content (AvgIpc) is 3.61. The third-order valence-corrected chi connectivity index (χ3v) is 9.30. The van der Waals surface area contributed by atoms with Crippen LogP contribution in [0, 0.1) is 17.0 Å². The van der Waals surface area contributed by atoms with E-state index in [2.05, 4.69) is 26.0 Å². The number of anilines is 2. The molecule has 0 spiro atoms. The Morgan fingerprint density at radius 3 is 2.39 bits per heavy atom. The Labute approximate surface area is 294 Å². The molecular formula is C35H34F2N6O7S. The predicted molar refractivity (Wildman–Crippen MR) is 184 cm³/mol. The third kappa shape index (κ3) is 8.54. The van der Waals surface area contributed by atoms with Gasteiger partial charge in [-0.25, -0.2) is 8.78 Å². The number of carbonyl (C=O) groups excluding carboxylic acids is 3. The zero-order chi connectivity index (χ0) is 36.0. The number of pyridine rings is 1. The highest BCUT2D eigenvalue weighted by Crippen LogP contribution is 2.48. The molecule has 13 nitrogen and oxygen atoms in total. The first kappa shape index (κ1) is 35.5. The molecule has 1 fully saturated rings. The fraction of sp³-hybridized carbons (Fsp3) is 0.286. The van der Waals surface area contributed by atoms with Crippen LogP contribution in [-0.4, -0.2) is 72.8 Å². The van der Waals surface area contributed by atoms with E-state index in [4.69, 9.17) is 18.9 Å². The van der Waals surface area contributed by atoms with Gasteiger partial charge in [0.1, 0.15) is 23.6 Å². The van der Waals surface area contributed by atoms with Gasteiger partial charge in [0, 0.05) is 67.1 Å². The summed E-state index contributed by atoms with van der Waals surface area (Å²) in [5.74, 6) is -2.34. The summed E-state index contributed by atoms with van der Waals surface area (Å²) in [7, 11) is 3.02. The lowest BCUT2D eigenvalue weighted by atomic mass is 10.0. The number of fused-ring (bicyclic) bond motifs is 1. The van der Waals surface area contributed by atoms with E-state index in [0.717, 1.165) is 16.5 Å². The summed E-state index contributed by atoms with van der Waals surface area (Å²) in [6.45, 7) is 0.836. The molecule has 5 aromatic rings. The molecule has 1 saturated carbocycles. The highest BCUT2D eigenvalue weighted by atomic mass is 32.1. The van der Waals surface area contributed by atoms with Crippen molar-refractivity contribution in [2.24, 2.45) is 5.41 Å². The summed E-state index contributed by atoms with van der Waals surface area (Å²) in [4.78, 5) is 43.2. The van der Waals surface area contributed by atoms with Crippen molar-refractivity contribution >= 4 is 50.7 Å². The van der Waals surface area contributed by atoms with Gasteiger partial charge in [-0.05, 0) is 55.3 Å². The minimum Gasteiger partial charge on any atom is -0.463 e. The van der Waals surface area contributed by atoms with Crippen molar-refractivity contribution in [3.63, 3.8) is 0 Å². The first-order valence-corrected chi connectivity index (χ1v) is 16.7. The number of hydrogen-bond donors (Lipinski definition) is 3. The number of nitrogens with one attached hydrogen (secondary N) is 3. The average molecular weight is 721 g/mol. The van der Waals surface area contributed by atoms with Gasteiger partial charge in [-0.1, -0.05) is 0 Å². The van der Waals surface area contributed by atoms with E-state index in [1.54, 1.807) is 23.1 Å². The van der Waals surface area contributed by atoms with Gasteiger partial charge < -0.3 is 34.9 Å². The second-order valence-corrected chi connectivity index (χ2v) is 12.7. The van der Waals surface area contributed by atoms with Gasteiger partial charge in [-0.3, -0.25) is 24.0 Å². The van der Waals surface area contributed by atoms with Crippen molar-refractivity contribution in [3.05, 3.63) is 84.8 Å². The zero-order valence-corrected chi connectivity index (χ0v) is 28.4. The van der Waals surface area contributed by atoms with E-state index >= 15 is 4.39 Å². The topological polar surface area (TPSA) is 155 Å². The zero-order valence-electron chi connectivity index (χ0n) is 27.6. The Morgan fingerprint density at radius 1 is 0.961 bits per heavy atom. The van der Waals surface area contributed by atoms with Crippen LogP contribution in [-0.2, 0) is 35.1 Å². The number of aromatic nitrogens is 3. The molecule has 0 bridgehead atoms. The highest BCUT2D eigenvalue weighted by Gasteiger charge is 2.56. The number of rotatable bonds is 16. The standard InChI is InChI=1S/C35H34F2N6O7S/c1-47-31(48-2)19-38-18-30(44)49-14-13-43-20-21(17-40-43)29-16-26-32(51-29)28(9-12-39-26)50-27-8-7-24(15-25(27)37)42-34(46)35(10-11-35)33(45)41-23-5-3-22(36)4-6-23/h3-9,12,15-17,20,31,38H,10-11,13-14,18-19H2,1-2H3,(H,41,45)(H,42,46). The van der Waals surface area contributed by atoms with E-state index < -0.39 is 41.1 Å². The van der Waals surface area contributed by atoms with Crippen molar-refractivity contribution in [2.75, 3.05) is 44.5 Å². The fourth-order valence-corrected chi connectivity index (χ4v) is 6.15. The summed E-state index contributed by atoms with van der Waals surface area (Å²) in [6, 6.07) is 12.7. The van der Waals surface area contributed by atoms with Crippen LogP contribution in [0.25, 0.3) is 20.7 Å². The number of hydrogen-bond acceptors (Lipinski definition) is 11. The molecule has 2 aromatic carbocycles. The lowest BCUT2D eigenvalue weighted by Gasteiger charge is -2.16. The SMILES string of the molecule is COC(CNCC(=O)OCCn1cc(-c2cc3nccc(Oc4ccc(NC(=O)C5(C(=O)Nc6ccc(F)cc6)CC5)cc4F)c3s2)cn1)OC. The molecule has 51 heavy (non-hydrogen) atoms. The molecular weight excluding hydrogens is 686 g/mol. The van der Waals surface area contributed by atoms with Crippen molar-refractivity contribution in [3.8, 4) is 21.9 Å². The van der Waals surface area contributed by atoms with E-state index in [1.807, 2.05) is 12.3 Å². The van der Waals surface area contributed by atoms with Crippen LogP contribution in [0.3, 0.4) is 0 Å². The van der Waals surface area contributed by atoms with E-state index in [1.165, 1.54) is 62.0 Å². The molecule has 0 unspecified atom stereocenters. The van der Waals surface area contributed by atoms with Gasteiger partial charge in [0.05, 0.1) is 29.5 Å². The first-order chi connectivity index (χ1) is 24.7. The summed E-state index contributed by atoms with van der Waals surface area (Å²) in [6.07, 6.45) is 5.28. The number of ether oxygens (including phenoxy) is 4. The Morgan fingerprint density at radius 2 is 1.69 bits per heavy atom. The summed E-state index contributed by atoms with van der Waals surface area (Å²) < 4.78 is 52.2. The van der Waals surface area contributed by atoms with Crippen molar-refractivity contribution < 1.29 is 42.1 Å². The maximum absolute atomic E-state index is 15.3. The van der Waals surface area contributed by atoms with Crippen LogP contribution in [0.1, 0.15) is 12.8 Å². The number of nitrogens with zero attached hydrogens (tertiary/aromatic N) is 3. The van der Waals surface area contributed by atoms with Crippen LogP contribution in [0.4, 0.5) is 20.2 Å².